The summed E-state index contributed by atoms with van der Waals surface area (Å²) >= 11 is 3.42. The number of fused-ring (bicyclic) bond motifs is 1. The van der Waals surface area contributed by atoms with Gasteiger partial charge in [-0.3, -0.25) is 4.79 Å². The first-order chi connectivity index (χ1) is 16.0. The molecule has 0 aliphatic carbocycles. The molecule has 5 aromatic rings. The summed E-state index contributed by atoms with van der Waals surface area (Å²) in [4.78, 5) is 14.4. The molecule has 1 N–H and O–H groups in total. The van der Waals surface area contributed by atoms with Crippen LogP contribution in [0.3, 0.4) is 0 Å². The molecule has 164 valence electrons. The van der Waals surface area contributed by atoms with Crippen LogP contribution in [0.25, 0.3) is 28.0 Å². The van der Waals surface area contributed by atoms with Crippen LogP contribution in [0.15, 0.2) is 81.7 Å². The zero-order valence-electron chi connectivity index (χ0n) is 17.9. The Hall–Kier alpha value is -3.91. The number of carbonyl (C=O) groups excluding carboxylic acids is 1. The topological polar surface area (TPSA) is 82.2 Å². The van der Waals surface area contributed by atoms with Crippen molar-refractivity contribution in [3.05, 3.63) is 88.6 Å². The van der Waals surface area contributed by atoms with Crippen LogP contribution in [0.2, 0.25) is 0 Å². The number of halogens is 1. The van der Waals surface area contributed by atoms with Crippen LogP contribution in [0.1, 0.15) is 16.1 Å². The Morgan fingerprint density at radius 1 is 0.970 bits per heavy atom. The summed E-state index contributed by atoms with van der Waals surface area (Å²) in [6.45, 7) is 1.91. The van der Waals surface area contributed by atoms with E-state index in [2.05, 4.69) is 31.4 Å². The maximum absolute atomic E-state index is 12.8. The minimum absolute atomic E-state index is 0.231. The molecule has 2 heterocycles. The molecule has 1 amide bonds. The lowest BCUT2D eigenvalue weighted by Crippen LogP contribution is -2.11. The summed E-state index contributed by atoms with van der Waals surface area (Å²) in [5, 5.41) is 12.0. The van der Waals surface area contributed by atoms with Gasteiger partial charge in [-0.25, -0.2) is 0 Å². The number of ether oxygens (including phenoxy) is 1. The SMILES string of the molecule is COc1ccc(-n2nc3cc(C)c(NC(=O)c4ccc(-c5ccc(Br)cc5)o4)cc3n2)cc1. The molecule has 8 heteroatoms. The predicted octanol–water partition coefficient (Wildman–Crippen LogP) is 6.01. The first-order valence-corrected chi connectivity index (χ1v) is 11.0. The molecule has 0 unspecified atom stereocenters. The smallest absolute Gasteiger partial charge is 0.291 e. The number of furan rings is 1. The molecule has 0 radical (unpaired) electrons. The van der Waals surface area contributed by atoms with E-state index in [1.807, 2.05) is 67.6 Å². The van der Waals surface area contributed by atoms with Crippen molar-refractivity contribution >= 4 is 38.6 Å². The number of benzene rings is 3. The Morgan fingerprint density at radius 3 is 2.36 bits per heavy atom. The lowest BCUT2D eigenvalue weighted by molar-refractivity contribution is 0.0997. The van der Waals surface area contributed by atoms with Crippen LogP contribution in [-0.4, -0.2) is 28.0 Å². The highest BCUT2D eigenvalue weighted by atomic mass is 79.9. The van der Waals surface area contributed by atoms with Crippen molar-refractivity contribution in [1.82, 2.24) is 15.0 Å². The minimum atomic E-state index is -0.330. The number of nitrogens with one attached hydrogen (secondary N) is 1. The molecule has 33 heavy (non-hydrogen) atoms. The van der Waals surface area contributed by atoms with E-state index in [1.165, 1.54) is 0 Å². The van der Waals surface area contributed by atoms with E-state index in [-0.39, 0.29) is 11.7 Å². The third-order valence-electron chi connectivity index (χ3n) is 5.24. The summed E-state index contributed by atoms with van der Waals surface area (Å²) in [6, 6.07) is 22.3. The third kappa shape index (κ3) is 4.25. The van der Waals surface area contributed by atoms with E-state index in [1.54, 1.807) is 24.0 Å². The van der Waals surface area contributed by atoms with Crippen molar-refractivity contribution in [2.45, 2.75) is 6.92 Å². The Balaban J connectivity index is 1.38. The van der Waals surface area contributed by atoms with Crippen LogP contribution in [0.4, 0.5) is 5.69 Å². The normalized spacial score (nSPS) is 11.0. The fourth-order valence-electron chi connectivity index (χ4n) is 3.45. The molecule has 2 aromatic heterocycles. The number of anilines is 1. The summed E-state index contributed by atoms with van der Waals surface area (Å²) in [5.74, 6) is 1.29. The van der Waals surface area contributed by atoms with Crippen molar-refractivity contribution < 1.29 is 13.9 Å². The molecule has 5 rings (SSSR count). The maximum Gasteiger partial charge on any atom is 0.291 e. The second kappa shape index (κ2) is 8.55. The van der Waals surface area contributed by atoms with E-state index in [4.69, 9.17) is 9.15 Å². The quantitative estimate of drug-likeness (QED) is 0.318. The zero-order chi connectivity index (χ0) is 22.9. The number of hydrogen-bond acceptors (Lipinski definition) is 5. The molecule has 0 fully saturated rings. The molecule has 0 spiro atoms. The second-order valence-electron chi connectivity index (χ2n) is 7.47. The molecule has 0 saturated heterocycles. The van der Waals surface area contributed by atoms with Crippen LogP contribution in [0, 0.1) is 6.92 Å². The number of carbonyl (C=O) groups is 1. The molecule has 0 bridgehead atoms. The van der Waals surface area contributed by atoms with E-state index in [0.29, 0.717) is 17.0 Å². The average molecular weight is 503 g/mol. The van der Waals surface area contributed by atoms with Crippen LogP contribution >= 0.6 is 15.9 Å². The monoisotopic (exact) mass is 502 g/mol. The number of amides is 1. The van der Waals surface area contributed by atoms with Crippen molar-refractivity contribution in [1.29, 1.82) is 0 Å². The van der Waals surface area contributed by atoms with Crippen molar-refractivity contribution in [2.75, 3.05) is 12.4 Å². The third-order valence-corrected chi connectivity index (χ3v) is 5.77. The highest BCUT2D eigenvalue weighted by Crippen LogP contribution is 2.26. The van der Waals surface area contributed by atoms with Gasteiger partial charge >= 0.3 is 0 Å². The Labute approximate surface area is 198 Å². The lowest BCUT2D eigenvalue weighted by atomic mass is 10.1. The Bertz CT molecular complexity index is 1450. The summed E-state index contributed by atoms with van der Waals surface area (Å²) in [6.07, 6.45) is 0. The fraction of sp³-hybridized carbons (Fsp3) is 0.0800. The van der Waals surface area contributed by atoms with E-state index in [9.17, 15) is 4.79 Å². The van der Waals surface area contributed by atoms with E-state index >= 15 is 0 Å². The summed E-state index contributed by atoms with van der Waals surface area (Å²) in [5.41, 5.74) is 4.63. The largest absolute Gasteiger partial charge is 0.497 e. The van der Waals surface area contributed by atoms with Crippen molar-refractivity contribution in [2.24, 2.45) is 0 Å². The van der Waals surface area contributed by atoms with Crippen molar-refractivity contribution in [3.8, 4) is 22.8 Å². The van der Waals surface area contributed by atoms with E-state index < -0.39 is 0 Å². The summed E-state index contributed by atoms with van der Waals surface area (Å²) in [7, 11) is 1.62. The Kier molecular flexibility index (Phi) is 5.43. The standard InChI is InChI=1S/C25H19BrN4O3/c1-15-13-21-22(29-30(28-21)18-7-9-19(32-2)10-8-18)14-20(15)27-25(31)24-12-11-23(33-24)16-3-5-17(26)6-4-16/h3-14H,1-2H3,(H,27,31). The maximum atomic E-state index is 12.8. The first-order valence-electron chi connectivity index (χ1n) is 10.2. The van der Waals surface area contributed by atoms with Gasteiger partial charge in [0.05, 0.1) is 12.8 Å². The van der Waals surface area contributed by atoms with Gasteiger partial charge in [-0.2, -0.15) is 4.80 Å². The number of methoxy groups -OCH3 is 1. The molecule has 0 aliphatic heterocycles. The highest BCUT2D eigenvalue weighted by molar-refractivity contribution is 9.10. The minimum Gasteiger partial charge on any atom is -0.497 e. The van der Waals surface area contributed by atoms with Gasteiger partial charge in [-0.1, -0.05) is 28.1 Å². The van der Waals surface area contributed by atoms with Gasteiger partial charge in [0.2, 0.25) is 0 Å². The Morgan fingerprint density at radius 2 is 1.67 bits per heavy atom. The molecule has 0 aliphatic rings. The molecule has 7 nitrogen and oxygen atoms in total. The van der Waals surface area contributed by atoms with Crippen molar-refractivity contribution in [3.63, 3.8) is 0 Å². The van der Waals surface area contributed by atoms with Crippen LogP contribution in [-0.2, 0) is 0 Å². The van der Waals surface area contributed by atoms with Gasteiger partial charge in [0.15, 0.2) is 5.76 Å². The number of hydrogen-bond donors (Lipinski definition) is 1. The van der Waals surface area contributed by atoms with Gasteiger partial charge in [-0.05, 0) is 73.2 Å². The van der Waals surface area contributed by atoms with Crippen LogP contribution in [0.5, 0.6) is 5.75 Å². The predicted molar refractivity (Wildman–Crippen MR) is 130 cm³/mol. The number of nitrogens with zero attached hydrogens (tertiary/aromatic N) is 3. The van der Waals surface area contributed by atoms with Gasteiger partial charge in [-0.15, -0.1) is 10.2 Å². The molecule has 0 atom stereocenters. The highest BCUT2D eigenvalue weighted by Gasteiger charge is 2.15. The molecule has 3 aromatic carbocycles. The number of aryl methyl sites for hydroxylation is 1. The van der Waals surface area contributed by atoms with Gasteiger partial charge in [0.1, 0.15) is 22.5 Å². The first kappa shape index (κ1) is 21.0. The fourth-order valence-corrected chi connectivity index (χ4v) is 3.71. The lowest BCUT2D eigenvalue weighted by Gasteiger charge is -2.06. The number of rotatable bonds is 5. The summed E-state index contributed by atoms with van der Waals surface area (Å²) < 4.78 is 12.0. The van der Waals surface area contributed by atoms with Gasteiger partial charge in [0, 0.05) is 15.7 Å². The molecule has 0 saturated carbocycles. The molecular formula is C25H19BrN4O3. The molecular weight excluding hydrogens is 484 g/mol. The van der Waals surface area contributed by atoms with Gasteiger partial charge in [0.25, 0.3) is 5.91 Å². The van der Waals surface area contributed by atoms with Gasteiger partial charge < -0.3 is 14.5 Å². The number of aromatic nitrogens is 3. The van der Waals surface area contributed by atoms with E-state index in [0.717, 1.165) is 32.6 Å². The second-order valence-corrected chi connectivity index (χ2v) is 8.38. The zero-order valence-corrected chi connectivity index (χ0v) is 19.5. The van der Waals surface area contributed by atoms with Crippen LogP contribution < -0.4 is 10.1 Å². The average Bonchev–Trinajstić information content (AvgIpc) is 3.47.